The SMILES string of the molecule is CC1CCN(CCNC(=O)N2CCN(CC(=O)N3CC(C)CC(C)C3)CC2)CC1. The molecule has 1 N–H and O–H groups in total. The molecule has 166 valence electrons. The highest BCUT2D eigenvalue weighted by molar-refractivity contribution is 5.78. The lowest BCUT2D eigenvalue weighted by Gasteiger charge is -2.38. The van der Waals surface area contributed by atoms with E-state index in [4.69, 9.17) is 0 Å². The minimum Gasteiger partial charge on any atom is -0.341 e. The molecule has 3 heterocycles. The summed E-state index contributed by atoms with van der Waals surface area (Å²) in [6.07, 6.45) is 3.75. The maximum atomic E-state index is 12.7. The molecule has 0 aliphatic carbocycles. The van der Waals surface area contributed by atoms with Crippen molar-refractivity contribution in [1.29, 1.82) is 0 Å². The first-order chi connectivity index (χ1) is 13.9. The second kappa shape index (κ2) is 10.6. The van der Waals surface area contributed by atoms with E-state index in [1.165, 1.54) is 19.3 Å². The van der Waals surface area contributed by atoms with E-state index in [1.807, 2.05) is 9.80 Å². The van der Waals surface area contributed by atoms with E-state index in [-0.39, 0.29) is 11.9 Å². The molecule has 0 aromatic heterocycles. The van der Waals surface area contributed by atoms with Gasteiger partial charge in [0.25, 0.3) is 0 Å². The van der Waals surface area contributed by atoms with Crippen LogP contribution in [0.5, 0.6) is 0 Å². The second-order valence-electron chi connectivity index (χ2n) is 9.76. The molecule has 3 rings (SSSR count). The highest BCUT2D eigenvalue weighted by Gasteiger charge is 2.28. The Morgan fingerprint density at radius 1 is 0.793 bits per heavy atom. The number of likely N-dealkylation sites (tertiary alicyclic amines) is 2. The standard InChI is InChI=1S/C22H41N5O2/c1-18-4-7-24(8-5-18)9-6-23-22(29)26-12-10-25(11-13-26)17-21(28)27-15-19(2)14-20(3)16-27/h18-20H,4-17H2,1-3H3,(H,23,29). The molecule has 7 nitrogen and oxygen atoms in total. The van der Waals surface area contributed by atoms with Crippen LogP contribution in [0.25, 0.3) is 0 Å². The molecule has 0 radical (unpaired) electrons. The molecule has 0 bridgehead atoms. The Kier molecular flexibility index (Phi) is 8.18. The predicted octanol–water partition coefficient (Wildman–Crippen LogP) is 1.55. The largest absolute Gasteiger partial charge is 0.341 e. The molecule has 3 aliphatic heterocycles. The average molecular weight is 408 g/mol. The Bertz CT molecular complexity index is 531. The minimum absolute atomic E-state index is 0.0417. The molecule has 29 heavy (non-hydrogen) atoms. The fourth-order valence-corrected chi connectivity index (χ4v) is 4.99. The number of urea groups is 1. The lowest BCUT2D eigenvalue weighted by molar-refractivity contribution is -0.135. The second-order valence-corrected chi connectivity index (χ2v) is 9.76. The number of amides is 3. The van der Waals surface area contributed by atoms with E-state index >= 15 is 0 Å². The molecule has 3 saturated heterocycles. The zero-order chi connectivity index (χ0) is 20.8. The van der Waals surface area contributed by atoms with Crippen LogP contribution in [0, 0.1) is 17.8 Å². The Labute approximate surface area is 176 Å². The average Bonchev–Trinajstić information content (AvgIpc) is 2.69. The topological polar surface area (TPSA) is 59.1 Å². The number of hydrogen-bond donors (Lipinski definition) is 1. The summed E-state index contributed by atoms with van der Waals surface area (Å²) in [6.45, 7) is 16.0. The van der Waals surface area contributed by atoms with Gasteiger partial charge in [-0.25, -0.2) is 4.79 Å². The van der Waals surface area contributed by atoms with Crippen LogP contribution in [0.3, 0.4) is 0 Å². The highest BCUT2D eigenvalue weighted by atomic mass is 16.2. The minimum atomic E-state index is 0.0417. The number of rotatable bonds is 5. The van der Waals surface area contributed by atoms with Crippen LogP contribution < -0.4 is 5.32 Å². The maximum Gasteiger partial charge on any atom is 0.317 e. The summed E-state index contributed by atoms with van der Waals surface area (Å²) in [5.74, 6) is 2.27. The van der Waals surface area contributed by atoms with Gasteiger partial charge < -0.3 is 20.0 Å². The summed E-state index contributed by atoms with van der Waals surface area (Å²) in [7, 11) is 0. The lowest BCUT2D eigenvalue weighted by Crippen LogP contribution is -2.55. The van der Waals surface area contributed by atoms with Crippen molar-refractivity contribution in [3.8, 4) is 0 Å². The molecule has 3 amide bonds. The lowest BCUT2D eigenvalue weighted by atomic mass is 9.92. The fraction of sp³-hybridized carbons (Fsp3) is 0.909. The van der Waals surface area contributed by atoms with Crippen LogP contribution in [0.15, 0.2) is 0 Å². The van der Waals surface area contributed by atoms with Crippen LogP contribution in [0.1, 0.15) is 40.0 Å². The highest BCUT2D eigenvalue weighted by Crippen LogP contribution is 2.21. The van der Waals surface area contributed by atoms with E-state index in [9.17, 15) is 9.59 Å². The van der Waals surface area contributed by atoms with Crippen molar-refractivity contribution in [1.82, 2.24) is 24.9 Å². The van der Waals surface area contributed by atoms with E-state index in [0.717, 1.165) is 58.3 Å². The van der Waals surface area contributed by atoms with Gasteiger partial charge in [-0.3, -0.25) is 9.69 Å². The van der Waals surface area contributed by atoms with Gasteiger partial charge in [0, 0.05) is 52.4 Å². The molecule has 2 atom stereocenters. The zero-order valence-electron chi connectivity index (χ0n) is 18.7. The van der Waals surface area contributed by atoms with Crippen molar-refractivity contribution < 1.29 is 9.59 Å². The molecule has 7 heteroatoms. The van der Waals surface area contributed by atoms with Gasteiger partial charge in [0.05, 0.1) is 6.54 Å². The van der Waals surface area contributed by atoms with Crippen LogP contribution in [-0.4, -0.2) is 104 Å². The summed E-state index contributed by atoms with van der Waals surface area (Å²) >= 11 is 0. The van der Waals surface area contributed by atoms with Gasteiger partial charge in [-0.15, -0.1) is 0 Å². The predicted molar refractivity (Wildman–Crippen MR) is 116 cm³/mol. The van der Waals surface area contributed by atoms with Crippen LogP contribution >= 0.6 is 0 Å². The van der Waals surface area contributed by atoms with Gasteiger partial charge in [-0.05, 0) is 50.1 Å². The number of nitrogens with one attached hydrogen (secondary N) is 1. The first-order valence-electron chi connectivity index (χ1n) is 11.7. The molecule has 0 aromatic carbocycles. The Hall–Kier alpha value is -1.34. The summed E-state index contributed by atoms with van der Waals surface area (Å²) in [6, 6.07) is 0.0417. The van der Waals surface area contributed by atoms with Crippen molar-refractivity contribution in [2.75, 3.05) is 72.0 Å². The molecular weight excluding hydrogens is 366 g/mol. The van der Waals surface area contributed by atoms with Crippen molar-refractivity contribution in [3.63, 3.8) is 0 Å². The first-order valence-corrected chi connectivity index (χ1v) is 11.7. The molecule has 3 fully saturated rings. The molecule has 2 unspecified atom stereocenters. The van der Waals surface area contributed by atoms with Gasteiger partial charge in [-0.1, -0.05) is 20.8 Å². The smallest absolute Gasteiger partial charge is 0.317 e. The summed E-state index contributed by atoms with van der Waals surface area (Å²) in [4.78, 5) is 33.7. The van der Waals surface area contributed by atoms with Gasteiger partial charge in [0.15, 0.2) is 0 Å². The number of carbonyl (C=O) groups excluding carboxylic acids is 2. The van der Waals surface area contributed by atoms with Crippen molar-refractivity contribution in [2.24, 2.45) is 17.8 Å². The van der Waals surface area contributed by atoms with E-state index in [0.29, 0.717) is 31.5 Å². The van der Waals surface area contributed by atoms with Gasteiger partial charge in [-0.2, -0.15) is 0 Å². The summed E-state index contributed by atoms with van der Waals surface area (Å²) in [5, 5.41) is 3.08. The molecular formula is C22H41N5O2. The van der Waals surface area contributed by atoms with Gasteiger partial charge in [0.2, 0.25) is 5.91 Å². The Balaban J connectivity index is 1.31. The van der Waals surface area contributed by atoms with E-state index < -0.39 is 0 Å². The number of carbonyl (C=O) groups is 2. The quantitative estimate of drug-likeness (QED) is 0.751. The van der Waals surface area contributed by atoms with Crippen LogP contribution in [-0.2, 0) is 4.79 Å². The monoisotopic (exact) mass is 407 g/mol. The zero-order valence-corrected chi connectivity index (χ0v) is 18.7. The molecule has 0 saturated carbocycles. The number of hydrogen-bond acceptors (Lipinski definition) is 4. The summed E-state index contributed by atoms with van der Waals surface area (Å²) < 4.78 is 0. The van der Waals surface area contributed by atoms with E-state index in [1.54, 1.807) is 0 Å². The van der Waals surface area contributed by atoms with Crippen molar-refractivity contribution in [2.45, 2.75) is 40.0 Å². The third-order valence-electron chi connectivity index (χ3n) is 6.82. The number of nitrogens with zero attached hydrogens (tertiary/aromatic N) is 4. The molecule has 3 aliphatic rings. The van der Waals surface area contributed by atoms with E-state index in [2.05, 4.69) is 35.9 Å². The summed E-state index contributed by atoms with van der Waals surface area (Å²) in [5.41, 5.74) is 0. The van der Waals surface area contributed by atoms with Gasteiger partial charge >= 0.3 is 6.03 Å². The molecule has 0 aromatic rings. The van der Waals surface area contributed by atoms with Crippen molar-refractivity contribution >= 4 is 11.9 Å². The Morgan fingerprint density at radius 3 is 2.03 bits per heavy atom. The van der Waals surface area contributed by atoms with Gasteiger partial charge in [0.1, 0.15) is 0 Å². The Morgan fingerprint density at radius 2 is 1.41 bits per heavy atom. The number of piperazine rings is 1. The molecule has 0 spiro atoms. The van der Waals surface area contributed by atoms with Crippen molar-refractivity contribution in [3.05, 3.63) is 0 Å². The normalized spacial score (nSPS) is 27.8. The van der Waals surface area contributed by atoms with Crippen LogP contribution in [0.2, 0.25) is 0 Å². The van der Waals surface area contributed by atoms with Crippen LogP contribution in [0.4, 0.5) is 4.79 Å². The first kappa shape index (κ1) is 22.3. The fourth-order valence-electron chi connectivity index (χ4n) is 4.99. The number of piperidine rings is 2. The third kappa shape index (κ3) is 6.85. The maximum absolute atomic E-state index is 12.7. The third-order valence-corrected chi connectivity index (χ3v) is 6.82.